The molecule has 0 saturated carbocycles. The molecule has 0 bridgehead atoms. The van der Waals surface area contributed by atoms with E-state index in [-0.39, 0.29) is 19.8 Å². The maximum atomic E-state index is 11.6. The van der Waals surface area contributed by atoms with Crippen molar-refractivity contribution in [1.29, 1.82) is 0 Å². The molecule has 0 radical (unpaired) electrons. The predicted octanol–water partition coefficient (Wildman–Crippen LogP) is 2.43. The van der Waals surface area contributed by atoms with Crippen LogP contribution in [0.15, 0.2) is 60.7 Å². The number of nitrogens with zero attached hydrogens (tertiary/aromatic N) is 2. The molecule has 2 aromatic carbocycles. The number of benzene rings is 2. The van der Waals surface area contributed by atoms with Crippen LogP contribution in [0.1, 0.15) is 11.1 Å². The van der Waals surface area contributed by atoms with Crippen LogP contribution >= 0.6 is 0 Å². The second kappa shape index (κ2) is 11.5. The number of nitrogens with one attached hydrogen (secondary N) is 1. The van der Waals surface area contributed by atoms with E-state index in [1.54, 1.807) is 0 Å². The Kier molecular flexibility index (Phi) is 8.99. The topological polar surface area (TPSA) is 86.1 Å². The first-order chi connectivity index (χ1) is 13.6. The van der Waals surface area contributed by atoms with E-state index in [1.165, 1.54) is 14.2 Å². The van der Waals surface area contributed by atoms with Crippen LogP contribution in [0.3, 0.4) is 0 Å². The summed E-state index contributed by atoms with van der Waals surface area (Å²) >= 11 is 0. The fourth-order valence-corrected chi connectivity index (χ4v) is 2.81. The zero-order chi connectivity index (χ0) is 20.2. The van der Waals surface area contributed by atoms with Gasteiger partial charge in [0.05, 0.1) is 0 Å². The third kappa shape index (κ3) is 6.66. The van der Waals surface area contributed by atoms with Gasteiger partial charge in [-0.05, 0) is 11.1 Å². The average molecular weight is 389 g/mol. The van der Waals surface area contributed by atoms with Crippen LogP contribution in [0, 0.1) is 10.1 Å². The quantitative estimate of drug-likeness (QED) is 0.416. The summed E-state index contributed by atoms with van der Waals surface area (Å²) in [7, 11) is 2.83. The highest BCUT2D eigenvalue weighted by Gasteiger charge is 2.44. The molecule has 1 N–H and O–H groups in total. The molecular weight excluding hydrogens is 362 g/mol. The first-order valence-corrected chi connectivity index (χ1v) is 8.92. The first-order valence-electron chi connectivity index (χ1n) is 8.92. The molecule has 0 saturated heterocycles. The van der Waals surface area contributed by atoms with E-state index < -0.39 is 10.5 Å². The van der Waals surface area contributed by atoms with Gasteiger partial charge >= 0.3 is 0 Å². The summed E-state index contributed by atoms with van der Waals surface area (Å²) < 4.78 is 10.1. The van der Waals surface area contributed by atoms with Gasteiger partial charge in [0.15, 0.2) is 0 Å². The van der Waals surface area contributed by atoms with Gasteiger partial charge in [-0.1, -0.05) is 60.7 Å². The largest absolute Gasteiger partial charge is 0.377 e. The molecule has 0 atom stereocenters. The van der Waals surface area contributed by atoms with E-state index in [1.807, 2.05) is 65.7 Å². The van der Waals surface area contributed by atoms with Gasteiger partial charge in [-0.25, -0.2) is 5.01 Å². The van der Waals surface area contributed by atoms with Crippen LogP contribution in [-0.4, -0.2) is 49.5 Å². The van der Waals surface area contributed by atoms with Crippen molar-refractivity contribution in [1.82, 2.24) is 10.6 Å². The highest BCUT2D eigenvalue weighted by Crippen LogP contribution is 2.13. The number of ether oxygens (including phenoxy) is 2. The summed E-state index contributed by atoms with van der Waals surface area (Å²) in [5.41, 5.74) is 3.55. The summed E-state index contributed by atoms with van der Waals surface area (Å²) in [5.74, 6) is 0. The highest BCUT2D eigenvalue weighted by atomic mass is 16.7. The highest BCUT2D eigenvalue weighted by molar-refractivity contribution is 5.16. The number of hydrazine groups is 1. The van der Waals surface area contributed by atoms with Crippen molar-refractivity contribution in [2.75, 3.05) is 34.0 Å². The fraction of sp³-hybridized carbons (Fsp3) is 0.400. The van der Waals surface area contributed by atoms with Gasteiger partial charge in [0, 0.05) is 32.2 Å². The molecule has 0 fully saturated rings. The molecule has 0 heterocycles. The molecule has 0 amide bonds. The lowest BCUT2D eigenvalue weighted by molar-refractivity contribution is -0.584. The van der Waals surface area contributed by atoms with Gasteiger partial charge in [0.25, 0.3) is 5.54 Å². The second-order valence-corrected chi connectivity index (χ2v) is 6.55. The van der Waals surface area contributed by atoms with Crippen molar-refractivity contribution in [2.45, 2.75) is 18.6 Å². The number of rotatable bonds is 13. The second-order valence-electron chi connectivity index (χ2n) is 6.55. The van der Waals surface area contributed by atoms with Gasteiger partial charge in [-0.15, -0.1) is 5.59 Å². The van der Waals surface area contributed by atoms with Crippen LogP contribution in [0.2, 0.25) is 0 Å². The van der Waals surface area contributed by atoms with Crippen molar-refractivity contribution >= 4 is 0 Å². The molecule has 8 nitrogen and oxygen atoms in total. The van der Waals surface area contributed by atoms with Crippen LogP contribution in [0.5, 0.6) is 0 Å². The molecular formula is C20H27N3O5. The van der Waals surface area contributed by atoms with Crippen molar-refractivity contribution < 1.29 is 19.2 Å². The lowest BCUT2D eigenvalue weighted by Gasteiger charge is -2.27. The maximum Gasteiger partial charge on any atom is 0.292 e. The van der Waals surface area contributed by atoms with Crippen molar-refractivity contribution in [3.05, 3.63) is 81.9 Å². The van der Waals surface area contributed by atoms with Crippen LogP contribution in [0.25, 0.3) is 0 Å². The fourth-order valence-electron chi connectivity index (χ4n) is 2.81. The van der Waals surface area contributed by atoms with E-state index in [2.05, 4.69) is 5.59 Å². The Labute approximate surface area is 165 Å². The summed E-state index contributed by atoms with van der Waals surface area (Å²) in [6.45, 7) is 0.688. The summed E-state index contributed by atoms with van der Waals surface area (Å²) in [5, 5.41) is 13.4. The maximum absolute atomic E-state index is 11.6. The number of methoxy groups -OCH3 is 2. The number of nitro groups is 1. The number of hydrogen-bond acceptors (Lipinski definition) is 7. The minimum atomic E-state index is -1.48. The lowest BCUT2D eigenvalue weighted by Crippen LogP contribution is -2.53. The normalized spacial score (nSPS) is 11.7. The van der Waals surface area contributed by atoms with E-state index in [9.17, 15) is 10.1 Å². The van der Waals surface area contributed by atoms with E-state index >= 15 is 0 Å². The Balaban J connectivity index is 2.05. The Morgan fingerprint density at radius 1 is 0.893 bits per heavy atom. The summed E-state index contributed by atoms with van der Waals surface area (Å²) in [6.07, 6.45) is 0. The summed E-state index contributed by atoms with van der Waals surface area (Å²) in [6, 6.07) is 19.8. The molecule has 2 rings (SSSR count). The molecule has 152 valence electrons. The molecule has 28 heavy (non-hydrogen) atoms. The standard InChI is InChI=1S/C20H27N3O5/c1-26-15-20(16-27-2,23(24)25)17-28-21-22(13-18-9-5-3-6-10-18)14-19-11-7-4-8-12-19/h3-12,21H,13-17H2,1-2H3. The SMILES string of the molecule is COCC(COC)(CONN(Cc1ccccc1)Cc1ccccc1)[N+](=O)[O-]. The Hall–Kier alpha value is -2.36. The molecule has 0 aliphatic rings. The molecule has 0 aliphatic heterocycles. The average Bonchev–Trinajstić information content (AvgIpc) is 2.69. The van der Waals surface area contributed by atoms with Crippen molar-refractivity contribution in [3.63, 3.8) is 0 Å². The van der Waals surface area contributed by atoms with Crippen molar-refractivity contribution in [3.8, 4) is 0 Å². The minimum Gasteiger partial charge on any atom is -0.377 e. The predicted molar refractivity (Wildman–Crippen MR) is 105 cm³/mol. The number of hydrogen-bond donors (Lipinski definition) is 1. The molecule has 8 heteroatoms. The summed E-state index contributed by atoms with van der Waals surface area (Å²) in [4.78, 5) is 16.7. The molecule has 0 spiro atoms. The van der Waals surface area contributed by atoms with Crippen LogP contribution < -0.4 is 5.59 Å². The molecule has 2 aromatic rings. The van der Waals surface area contributed by atoms with E-state index in [4.69, 9.17) is 14.3 Å². The zero-order valence-corrected chi connectivity index (χ0v) is 16.2. The lowest BCUT2D eigenvalue weighted by atomic mass is 10.1. The van der Waals surface area contributed by atoms with Gasteiger partial charge < -0.3 is 9.47 Å². The van der Waals surface area contributed by atoms with E-state index in [0.29, 0.717) is 13.1 Å². The third-order valence-corrected chi connectivity index (χ3v) is 4.18. The molecule has 0 aliphatic carbocycles. The first kappa shape index (κ1) is 21.9. The van der Waals surface area contributed by atoms with Gasteiger partial charge in [0.2, 0.25) is 0 Å². The van der Waals surface area contributed by atoms with Gasteiger partial charge in [0.1, 0.15) is 19.8 Å². The van der Waals surface area contributed by atoms with Gasteiger partial charge in [-0.3, -0.25) is 15.0 Å². The monoisotopic (exact) mass is 389 g/mol. The van der Waals surface area contributed by atoms with Crippen LogP contribution in [0.4, 0.5) is 0 Å². The Morgan fingerprint density at radius 3 is 1.75 bits per heavy atom. The minimum absolute atomic E-state index is 0.118. The van der Waals surface area contributed by atoms with Crippen LogP contribution in [-0.2, 0) is 27.4 Å². The smallest absolute Gasteiger partial charge is 0.292 e. The third-order valence-electron chi connectivity index (χ3n) is 4.18. The van der Waals surface area contributed by atoms with Gasteiger partial charge in [-0.2, -0.15) is 0 Å². The Morgan fingerprint density at radius 2 is 1.36 bits per heavy atom. The van der Waals surface area contributed by atoms with Crippen molar-refractivity contribution in [2.24, 2.45) is 0 Å². The zero-order valence-electron chi connectivity index (χ0n) is 16.2. The Bertz CT molecular complexity index is 652. The van der Waals surface area contributed by atoms with E-state index in [0.717, 1.165) is 11.1 Å². The molecule has 0 aromatic heterocycles. The molecule has 0 unspecified atom stereocenters.